The maximum atomic E-state index is 13.4. The molecule has 2 aromatic rings. The van der Waals surface area contributed by atoms with Gasteiger partial charge in [-0.3, -0.25) is 4.98 Å². The first-order valence-corrected chi connectivity index (χ1v) is 6.61. The van der Waals surface area contributed by atoms with Gasteiger partial charge in [-0.05, 0) is 49.2 Å². The van der Waals surface area contributed by atoms with Gasteiger partial charge in [-0.2, -0.15) is 0 Å². The second-order valence-electron chi connectivity index (χ2n) is 4.78. The van der Waals surface area contributed by atoms with Crippen molar-refractivity contribution in [2.24, 2.45) is 0 Å². The number of methoxy groups -OCH3 is 1. The first-order chi connectivity index (χ1) is 9.61. The van der Waals surface area contributed by atoms with Crippen LogP contribution in [0.5, 0.6) is 5.75 Å². The largest absolute Gasteiger partial charge is 0.494 e. The van der Waals surface area contributed by atoms with Gasteiger partial charge in [-0.1, -0.05) is 6.07 Å². The van der Waals surface area contributed by atoms with Crippen molar-refractivity contribution >= 4 is 0 Å². The second-order valence-corrected chi connectivity index (χ2v) is 4.78. The van der Waals surface area contributed by atoms with Gasteiger partial charge in [-0.15, -0.1) is 0 Å². The number of hydrogen-bond donors (Lipinski definition) is 1. The van der Waals surface area contributed by atoms with Gasteiger partial charge in [0.05, 0.1) is 7.11 Å². The summed E-state index contributed by atoms with van der Waals surface area (Å²) in [6, 6.07) is 9.17. The van der Waals surface area contributed by atoms with Gasteiger partial charge in [0.15, 0.2) is 11.6 Å². The lowest BCUT2D eigenvalue weighted by molar-refractivity contribution is 0.384. The van der Waals surface area contributed by atoms with Crippen LogP contribution in [0.4, 0.5) is 4.39 Å². The summed E-state index contributed by atoms with van der Waals surface area (Å²) in [6.45, 7) is 4.14. The van der Waals surface area contributed by atoms with E-state index in [0.717, 1.165) is 5.56 Å². The van der Waals surface area contributed by atoms with Crippen molar-refractivity contribution < 1.29 is 9.13 Å². The monoisotopic (exact) mass is 274 g/mol. The van der Waals surface area contributed by atoms with E-state index in [1.807, 2.05) is 19.1 Å². The molecular formula is C16H19FN2O. The number of aromatic nitrogens is 1. The fourth-order valence-electron chi connectivity index (χ4n) is 2.17. The van der Waals surface area contributed by atoms with Gasteiger partial charge in [-0.25, -0.2) is 4.39 Å². The standard InChI is InChI=1S/C16H19FN2O/c1-11(13-6-8-18-9-7-13)19-12(2)14-4-5-15(17)16(10-14)20-3/h4-12,19H,1-3H3/t11-,12?/m1/s1. The van der Waals surface area contributed by atoms with Crippen molar-refractivity contribution in [3.63, 3.8) is 0 Å². The Balaban J connectivity index is 2.10. The van der Waals surface area contributed by atoms with Gasteiger partial charge < -0.3 is 10.1 Å². The van der Waals surface area contributed by atoms with E-state index in [4.69, 9.17) is 4.74 Å². The van der Waals surface area contributed by atoms with Crippen LogP contribution in [0.2, 0.25) is 0 Å². The number of nitrogens with zero attached hydrogens (tertiary/aromatic N) is 1. The Morgan fingerprint density at radius 3 is 2.35 bits per heavy atom. The lowest BCUT2D eigenvalue weighted by atomic mass is 10.0. The number of rotatable bonds is 5. The number of halogens is 1. The maximum absolute atomic E-state index is 13.4. The summed E-state index contributed by atoms with van der Waals surface area (Å²) < 4.78 is 18.4. The summed E-state index contributed by atoms with van der Waals surface area (Å²) in [4.78, 5) is 4.01. The Morgan fingerprint density at radius 1 is 1.05 bits per heavy atom. The van der Waals surface area contributed by atoms with Gasteiger partial charge in [0, 0.05) is 24.5 Å². The zero-order valence-electron chi connectivity index (χ0n) is 11.9. The van der Waals surface area contributed by atoms with Crippen LogP contribution in [0.3, 0.4) is 0 Å². The highest BCUT2D eigenvalue weighted by molar-refractivity contribution is 5.32. The molecule has 0 aliphatic carbocycles. The molecule has 4 heteroatoms. The maximum Gasteiger partial charge on any atom is 0.165 e. The molecule has 20 heavy (non-hydrogen) atoms. The summed E-state index contributed by atoms with van der Waals surface area (Å²) >= 11 is 0. The quantitative estimate of drug-likeness (QED) is 0.903. The van der Waals surface area contributed by atoms with Crippen molar-refractivity contribution in [2.75, 3.05) is 7.11 Å². The van der Waals surface area contributed by atoms with E-state index >= 15 is 0 Å². The summed E-state index contributed by atoms with van der Waals surface area (Å²) in [6.07, 6.45) is 3.55. The highest BCUT2D eigenvalue weighted by atomic mass is 19.1. The van der Waals surface area contributed by atoms with Crippen molar-refractivity contribution in [3.05, 3.63) is 59.7 Å². The summed E-state index contributed by atoms with van der Waals surface area (Å²) in [5.41, 5.74) is 2.16. The minimum Gasteiger partial charge on any atom is -0.494 e. The molecule has 0 amide bonds. The lowest BCUT2D eigenvalue weighted by Crippen LogP contribution is -2.22. The van der Waals surface area contributed by atoms with E-state index in [1.165, 1.54) is 18.7 Å². The van der Waals surface area contributed by atoms with Crippen molar-refractivity contribution in [1.29, 1.82) is 0 Å². The van der Waals surface area contributed by atoms with Crippen LogP contribution < -0.4 is 10.1 Å². The first kappa shape index (κ1) is 14.5. The summed E-state index contributed by atoms with van der Waals surface area (Å²) in [5, 5.41) is 3.48. The second kappa shape index (κ2) is 6.48. The molecule has 0 bridgehead atoms. The van der Waals surface area contributed by atoms with Crippen LogP contribution >= 0.6 is 0 Å². The van der Waals surface area contributed by atoms with Crippen LogP contribution in [0.15, 0.2) is 42.7 Å². The predicted octanol–water partition coefficient (Wildman–Crippen LogP) is 3.64. The zero-order chi connectivity index (χ0) is 14.5. The van der Waals surface area contributed by atoms with Crippen LogP contribution in [0.1, 0.15) is 37.1 Å². The third-order valence-electron chi connectivity index (χ3n) is 3.38. The fraction of sp³-hybridized carbons (Fsp3) is 0.312. The van der Waals surface area contributed by atoms with Crippen molar-refractivity contribution in [1.82, 2.24) is 10.3 Å². The molecule has 2 atom stereocenters. The first-order valence-electron chi connectivity index (χ1n) is 6.61. The SMILES string of the molecule is COc1cc(C(C)N[C@H](C)c2ccncc2)ccc1F. The molecule has 0 saturated heterocycles. The Labute approximate surface area is 118 Å². The van der Waals surface area contributed by atoms with Crippen LogP contribution in [-0.2, 0) is 0 Å². The van der Waals surface area contributed by atoms with E-state index in [2.05, 4.69) is 17.2 Å². The van der Waals surface area contributed by atoms with Gasteiger partial charge >= 0.3 is 0 Å². The highest BCUT2D eigenvalue weighted by Crippen LogP contribution is 2.24. The van der Waals surface area contributed by atoms with Crippen LogP contribution in [-0.4, -0.2) is 12.1 Å². The molecule has 0 radical (unpaired) electrons. The molecule has 106 valence electrons. The Bertz CT molecular complexity index is 560. The molecule has 1 aromatic heterocycles. The van der Waals surface area contributed by atoms with Crippen molar-refractivity contribution in [3.8, 4) is 5.75 Å². The van der Waals surface area contributed by atoms with Crippen LogP contribution in [0, 0.1) is 5.82 Å². The molecule has 1 aromatic carbocycles. The van der Waals surface area contributed by atoms with E-state index in [1.54, 1.807) is 24.5 Å². The average molecular weight is 274 g/mol. The summed E-state index contributed by atoms with van der Waals surface area (Å²) in [7, 11) is 1.47. The molecule has 3 nitrogen and oxygen atoms in total. The topological polar surface area (TPSA) is 34.1 Å². The Kier molecular flexibility index (Phi) is 4.69. The molecule has 0 aliphatic rings. The van der Waals surface area contributed by atoms with Crippen molar-refractivity contribution in [2.45, 2.75) is 25.9 Å². The highest BCUT2D eigenvalue weighted by Gasteiger charge is 2.13. The molecule has 0 fully saturated rings. The predicted molar refractivity (Wildman–Crippen MR) is 77.2 cm³/mol. The molecule has 1 heterocycles. The number of hydrogen-bond acceptors (Lipinski definition) is 3. The number of pyridine rings is 1. The third-order valence-corrected chi connectivity index (χ3v) is 3.38. The van der Waals surface area contributed by atoms with E-state index < -0.39 is 0 Å². The molecule has 0 spiro atoms. The molecule has 0 aliphatic heterocycles. The Hall–Kier alpha value is -1.94. The molecule has 0 saturated carbocycles. The molecule has 1 unspecified atom stereocenters. The minimum atomic E-state index is -0.342. The van der Waals surface area contributed by atoms with E-state index in [-0.39, 0.29) is 23.7 Å². The minimum absolute atomic E-state index is 0.0904. The van der Waals surface area contributed by atoms with Gasteiger partial charge in [0.25, 0.3) is 0 Å². The zero-order valence-corrected chi connectivity index (χ0v) is 11.9. The Morgan fingerprint density at radius 2 is 1.70 bits per heavy atom. The van der Waals surface area contributed by atoms with Gasteiger partial charge in [0.1, 0.15) is 0 Å². The molecule has 2 rings (SSSR count). The molecule has 1 N–H and O–H groups in total. The van der Waals surface area contributed by atoms with E-state index in [0.29, 0.717) is 0 Å². The van der Waals surface area contributed by atoms with Crippen LogP contribution in [0.25, 0.3) is 0 Å². The third kappa shape index (κ3) is 3.33. The number of nitrogens with one attached hydrogen (secondary N) is 1. The average Bonchev–Trinajstić information content (AvgIpc) is 2.48. The van der Waals surface area contributed by atoms with E-state index in [9.17, 15) is 4.39 Å². The molecular weight excluding hydrogens is 255 g/mol. The number of benzene rings is 1. The van der Waals surface area contributed by atoms with Gasteiger partial charge in [0.2, 0.25) is 0 Å². The number of ether oxygens (including phenoxy) is 1. The lowest BCUT2D eigenvalue weighted by Gasteiger charge is -2.21. The fourth-order valence-corrected chi connectivity index (χ4v) is 2.17. The smallest absolute Gasteiger partial charge is 0.165 e. The normalized spacial score (nSPS) is 13.8. The summed E-state index contributed by atoms with van der Waals surface area (Å²) in [5.74, 6) is -0.0710.